The van der Waals surface area contributed by atoms with Gasteiger partial charge in [-0.3, -0.25) is 10.1 Å². The molecule has 1 aromatic heterocycles. The van der Waals surface area contributed by atoms with E-state index in [4.69, 9.17) is 0 Å². The number of hydrogen-bond donors (Lipinski definition) is 1. The van der Waals surface area contributed by atoms with Crippen LogP contribution in [0.3, 0.4) is 0 Å². The number of hydrogen-bond acceptors (Lipinski definition) is 5. The van der Waals surface area contributed by atoms with Gasteiger partial charge < -0.3 is 5.32 Å². The molecule has 2 aromatic rings. The normalized spacial score (nSPS) is 10.3. The summed E-state index contributed by atoms with van der Waals surface area (Å²) in [6.07, 6.45) is 1.13. The average molecular weight is 276 g/mol. The zero-order valence-electron chi connectivity index (χ0n) is 11.1. The van der Waals surface area contributed by atoms with E-state index in [9.17, 15) is 14.5 Å². The Bertz CT molecular complexity index is 661. The third-order valence-electron chi connectivity index (χ3n) is 2.82. The second-order valence-corrected chi connectivity index (χ2v) is 4.13. The molecule has 1 heterocycles. The summed E-state index contributed by atoms with van der Waals surface area (Å²) in [5.74, 6) is -0.155. The van der Waals surface area contributed by atoms with Gasteiger partial charge in [0.2, 0.25) is 5.95 Å². The van der Waals surface area contributed by atoms with Crippen molar-refractivity contribution in [2.24, 2.45) is 0 Å². The lowest BCUT2D eigenvalue weighted by Gasteiger charge is -2.08. The van der Waals surface area contributed by atoms with Crippen molar-refractivity contribution in [3.63, 3.8) is 0 Å². The summed E-state index contributed by atoms with van der Waals surface area (Å²) in [6.45, 7) is 4.00. The van der Waals surface area contributed by atoms with Crippen molar-refractivity contribution in [1.82, 2.24) is 9.97 Å². The third-order valence-corrected chi connectivity index (χ3v) is 2.82. The molecule has 0 aliphatic rings. The van der Waals surface area contributed by atoms with E-state index in [1.807, 2.05) is 6.92 Å². The van der Waals surface area contributed by atoms with Crippen LogP contribution < -0.4 is 5.32 Å². The highest BCUT2D eigenvalue weighted by Gasteiger charge is 2.21. The van der Waals surface area contributed by atoms with Crippen LogP contribution in [0.4, 0.5) is 16.0 Å². The first-order valence-corrected chi connectivity index (χ1v) is 6.05. The number of nitrogens with zero attached hydrogens (tertiary/aromatic N) is 3. The maximum atomic E-state index is 13.6. The van der Waals surface area contributed by atoms with Gasteiger partial charge in [0.1, 0.15) is 12.0 Å². The minimum Gasteiger partial charge on any atom is -0.354 e. The zero-order chi connectivity index (χ0) is 14.7. The monoisotopic (exact) mass is 276 g/mol. The molecule has 0 saturated heterocycles. The smallest absolute Gasteiger partial charge is 0.313 e. The van der Waals surface area contributed by atoms with Crippen LogP contribution in [0.15, 0.2) is 24.4 Å². The van der Waals surface area contributed by atoms with E-state index in [2.05, 4.69) is 15.3 Å². The molecule has 2 rings (SSSR count). The van der Waals surface area contributed by atoms with Crippen LogP contribution in [-0.4, -0.2) is 21.4 Å². The molecule has 7 heteroatoms. The molecular weight excluding hydrogens is 263 g/mol. The third kappa shape index (κ3) is 2.56. The molecule has 1 aromatic carbocycles. The fourth-order valence-corrected chi connectivity index (χ4v) is 1.81. The lowest BCUT2D eigenvalue weighted by molar-refractivity contribution is -0.384. The van der Waals surface area contributed by atoms with E-state index < -0.39 is 10.7 Å². The van der Waals surface area contributed by atoms with E-state index >= 15 is 0 Å². The zero-order valence-corrected chi connectivity index (χ0v) is 11.1. The summed E-state index contributed by atoms with van der Waals surface area (Å²) in [5.41, 5.74) is 0.563. The van der Waals surface area contributed by atoms with Crippen molar-refractivity contribution in [3.8, 4) is 11.3 Å². The fraction of sp³-hybridized carbons (Fsp3) is 0.231. The van der Waals surface area contributed by atoms with Gasteiger partial charge in [0.05, 0.1) is 4.92 Å². The first-order chi connectivity index (χ1) is 9.54. The number of benzene rings is 1. The summed E-state index contributed by atoms with van der Waals surface area (Å²) in [6, 6.07) is 4.40. The Balaban J connectivity index is 2.66. The summed E-state index contributed by atoms with van der Waals surface area (Å²) in [4.78, 5) is 18.5. The van der Waals surface area contributed by atoms with Crippen LogP contribution in [0.5, 0.6) is 0 Å². The van der Waals surface area contributed by atoms with Crippen LogP contribution in [0.2, 0.25) is 0 Å². The Hall–Kier alpha value is -2.57. The molecule has 104 valence electrons. The maximum Gasteiger partial charge on any atom is 0.313 e. The molecular formula is C13H13FN4O2. The number of nitro groups is 1. The molecule has 0 amide bonds. The van der Waals surface area contributed by atoms with Crippen molar-refractivity contribution < 1.29 is 9.31 Å². The van der Waals surface area contributed by atoms with Gasteiger partial charge in [-0.1, -0.05) is 12.1 Å². The SMILES string of the molecule is CCNc1ncc([N+](=O)[O-])c(-c2cccc(F)c2C)n1. The largest absolute Gasteiger partial charge is 0.354 e. The predicted molar refractivity (Wildman–Crippen MR) is 73.0 cm³/mol. The summed E-state index contributed by atoms with van der Waals surface area (Å²) in [5, 5.41) is 14.0. The van der Waals surface area contributed by atoms with Crippen molar-refractivity contribution in [2.75, 3.05) is 11.9 Å². The molecule has 0 aliphatic carbocycles. The molecule has 0 unspecified atom stereocenters. The molecule has 1 N–H and O–H groups in total. The van der Waals surface area contributed by atoms with Crippen LogP contribution in [-0.2, 0) is 0 Å². The first kappa shape index (κ1) is 13.9. The number of nitrogens with one attached hydrogen (secondary N) is 1. The molecule has 0 radical (unpaired) electrons. The van der Waals surface area contributed by atoms with Gasteiger partial charge in [0.25, 0.3) is 0 Å². The van der Waals surface area contributed by atoms with Crippen LogP contribution in [0, 0.1) is 22.9 Å². The summed E-state index contributed by atoms with van der Waals surface area (Å²) in [7, 11) is 0. The quantitative estimate of drug-likeness (QED) is 0.686. The number of rotatable bonds is 4. The lowest BCUT2D eigenvalue weighted by atomic mass is 10.0. The molecule has 0 aliphatic heterocycles. The van der Waals surface area contributed by atoms with Gasteiger partial charge in [-0.15, -0.1) is 0 Å². The van der Waals surface area contributed by atoms with Gasteiger partial charge in [0, 0.05) is 12.1 Å². The highest BCUT2D eigenvalue weighted by molar-refractivity contribution is 5.72. The summed E-state index contributed by atoms with van der Waals surface area (Å²) >= 11 is 0. The van der Waals surface area contributed by atoms with Gasteiger partial charge in [-0.25, -0.2) is 14.4 Å². The molecule has 0 spiro atoms. The van der Waals surface area contributed by atoms with Crippen molar-refractivity contribution >= 4 is 11.6 Å². The van der Waals surface area contributed by atoms with Crippen LogP contribution in [0.25, 0.3) is 11.3 Å². The Morgan fingerprint density at radius 2 is 2.20 bits per heavy atom. The maximum absolute atomic E-state index is 13.6. The minimum atomic E-state index is -0.574. The first-order valence-electron chi connectivity index (χ1n) is 6.05. The van der Waals surface area contributed by atoms with E-state index in [0.717, 1.165) is 6.20 Å². The highest BCUT2D eigenvalue weighted by Crippen LogP contribution is 2.31. The number of anilines is 1. The fourth-order valence-electron chi connectivity index (χ4n) is 1.81. The van der Waals surface area contributed by atoms with Gasteiger partial charge in [0.15, 0.2) is 5.69 Å². The molecule has 6 nitrogen and oxygen atoms in total. The van der Waals surface area contributed by atoms with Crippen LogP contribution >= 0.6 is 0 Å². The number of aromatic nitrogens is 2. The topological polar surface area (TPSA) is 81.0 Å². The van der Waals surface area contributed by atoms with E-state index in [-0.39, 0.29) is 17.3 Å². The Morgan fingerprint density at radius 1 is 1.45 bits per heavy atom. The average Bonchev–Trinajstić information content (AvgIpc) is 2.42. The van der Waals surface area contributed by atoms with Crippen molar-refractivity contribution in [3.05, 3.63) is 45.9 Å². The molecule has 0 bridgehead atoms. The predicted octanol–water partition coefficient (Wildman–Crippen LogP) is 2.93. The minimum absolute atomic E-state index is 0.109. The van der Waals surface area contributed by atoms with Crippen LogP contribution in [0.1, 0.15) is 12.5 Å². The van der Waals surface area contributed by atoms with Gasteiger partial charge in [-0.05, 0) is 25.5 Å². The van der Waals surface area contributed by atoms with Gasteiger partial charge in [-0.2, -0.15) is 0 Å². The highest BCUT2D eigenvalue weighted by atomic mass is 19.1. The van der Waals surface area contributed by atoms with E-state index in [1.54, 1.807) is 13.0 Å². The van der Waals surface area contributed by atoms with Crippen molar-refractivity contribution in [2.45, 2.75) is 13.8 Å². The summed E-state index contributed by atoms with van der Waals surface area (Å²) < 4.78 is 13.6. The van der Waals surface area contributed by atoms with E-state index in [0.29, 0.717) is 17.7 Å². The standard InChI is InChI=1S/C13H13FN4O2/c1-3-15-13-16-7-11(18(19)20)12(17-13)9-5-4-6-10(14)8(9)2/h4-7H,3H2,1-2H3,(H,15,16,17). The second kappa shape index (κ2) is 5.60. The Morgan fingerprint density at radius 3 is 2.85 bits per heavy atom. The molecule has 0 fully saturated rings. The molecule has 0 atom stereocenters. The second-order valence-electron chi connectivity index (χ2n) is 4.13. The Labute approximate surface area is 114 Å². The van der Waals surface area contributed by atoms with E-state index in [1.165, 1.54) is 12.1 Å². The van der Waals surface area contributed by atoms with Crippen molar-refractivity contribution in [1.29, 1.82) is 0 Å². The Kier molecular flexibility index (Phi) is 3.88. The number of halogens is 1. The molecule has 0 saturated carbocycles. The molecule has 20 heavy (non-hydrogen) atoms. The lowest BCUT2D eigenvalue weighted by Crippen LogP contribution is -2.05. The van der Waals surface area contributed by atoms with Gasteiger partial charge >= 0.3 is 5.69 Å².